The lowest BCUT2D eigenvalue weighted by Crippen LogP contribution is -2.48. The van der Waals surface area contributed by atoms with Gasteiger partial charge < -0.3 is 15.0 Å². The van der Waals surface area contributed by atoms with Crippen LogP contribution >= 0.6 is 23.7 Å². The van der Waals surface area contributed by atoms with Crippen LogP contribution < -0.4 is 5.32 Å². The Morgan fingerprint density at radius 1 is 1.34 bits per heavy atom. The minimum absolute atomic E-state index is 0. The van der Waals surface area contributed by atoms with Crippen LogP contribution in [-0.2, 0) is 23.2 Å². The average Bonchev–Trinajstić information content (AvgIpc) is 3.41. The number of aromatic nitrogens is 1. The van der Waals surface area contributed by atoms with Crippen molar-refractivity contribution in [3.63, 3.8) is 0 Å². The fourth-order valence-corrected chi connectivity index (χ4v) is 5.91. The number of pyridine rings is 1. The third kappa shape index (κ3) is 4.08. The molecule has 1 spiro atoms. The van der Waals surface area contributed by atoms with Crippen LogP contribution in [0, 0.1) is 5.92 Å². The van der Waals surface area contributed by atoms with Crippen molar-refractivity contribution in [3.8, 4) is 0 Å². The highest BCUT2D eigenvalue weighted by atomic mass is 35.5. The maximum Gasteiger partial charge on any atom is 0.255 e. The first-order valence-corrected chi connectivity index (χ1v) is 11.3. The molecule has 5 nitrogen and oxygen atoms in total. The minimum atomic E-state index is -0.181. The van der Waals surface area contributed by atoms with E-state index in [4.69, 9.17) is 4.74 Å². The number of carbonyl (C=O) groups is 1. The summed E-state index contributed by atoms with van der Waals surface area (Å²) in [5, 5.41) is 5.58. The normalized spacial score (nSPS) is 22.9. The van der Waals surface area contributed by atoms with Crippen LogP contribution in [0.2, 0.25) is 0 Å². The highest BCUT2D eigenvalue weighted by Crippen LogP contribution is 2.43. The van der Waals surface area contributed by atoms with E-state index in [0.29, 0.717) is 5.92 Å². The number of fused-ring (bicyclic) bond motifs is 2. The first-order valence-electron chi connectivity index (χ1n) is 10.4. The van der Waals surface area contributed by atoms with Crippen molar-refractivity contribution in [2.45, 2.75) is 37.7 Å². The summed E-state index contributed by atoms with van der Waals surface area (Å²) in [6, 6.07) is 4.27. The molecule has 2 saturated heterocycles. The van der Waals surface area contributed by atoms with Crippen LogP contribution in [0.3, 0.4) is 0 Å². The van der Waals surface area contributed by atoms with E-state index in [1.54, 1.807) is 6.20 Å². The van der Waals surface area contributed by atoms with E-state index in [2.05, 4.69) is 21.7 Å². The zero-order valence-electron chi connectivity index (χ0n) is 16.6. The van der Waals surface area contributed by atoms with Gasteiger partial charge in [-0.05, 0) is 73.3 Å². The monoisotopic (exact) mass is 433 g/mol. The Bertz CT molecular complexity index is 857. The fourth-order valence-electron chi connectivity index (χ4n) is 4.96. The van der Waals surface area contributed by atoms with E-state index < -0.39 is 0 Å². The van der Waals surface area contributed by atoms with Crippen molar-refractivity contribution in [2.75, 3.05) is 32.8 Å². The van der Waals surface area contributed by atoms with Crippen molar-refractivity contribution < 1.29 is 9.53 Å². The fraction of sp³-hybridized carbons (Fsp3) is 0.545. The van der Waals surface area contributed by atoms with Gasteiger partial charge in [-0.2, -0.15) is 0 Å². The van der Waals surface area contributed by atoms with Gasteiger partial charge in [-0.3, -0.25) is 9.78 Å². The molecule has 2 aromatic rings. The minimum Gasteiger partial charge on any atom is -0.370 e. The Hall–Kier alpha value is -1.47. The van der Waals surface area contributed by atoms with E-state index >= 15 is 0 Å². The number of piperidine rings is 1. The molecular weight excluding hydrogens is 406 g/mol. The molecule has 156 valence electrons. The lowest BCUT2D eigenvalue weighted by atomic mass is 9.82. The molecule has 0 radical (unpaired) electrons. The third-order valence-corrected chi connectivity index (χ3v) is 7.51. The van der Waals surface area contributed by atoms with Crippen LogP contribution in [0.5, 0.6) is 0 Å². The van der Waals surface area contributed by atoms with Gasteiger partial charge in [-0.15, -0.1) is 23.7 Å². The summed E-state index contributed by atoms with van der Waals surface area (Å²) in [7, 11) is 0. The van der Waals surface area contributed by atoms with E-state index in [9.17, 15) is 4.79 Å². The van der Waals surface area contributed by atoms with Crippen molar-refractivity contribution in [3.05, 3.63) is 51.5 Å². The predicted molar refractivity (Wildman–Crippen MR) is 117 cm³/mol. The molecule has 1 amide bonds. The number of halogens is 1. The van der Waals surface area contributed by atoms with E-state index in [0.717, 1.165) is 64.0 Å². The van der Waals surface area contributed by atoms with E-state index in [1.807, 2.05) is 28.5 Å². The molecule has 1 N–H and O–H groups in total. The molecule has 29 heavy (non-hydrogen) atoms. The molecule has 2 fully saturated rings. The lowest BCUT2D eigenvalue weighted by molar-refractivity contribution is -0.0926. The van der Waals surface area contributed by atoms with Gasteiger partial charge in [0.2, 0.25) is 0 Å². The van der Waals surface area contributed by atoms with Crippen molar-refractivity contribution >= 4 is 29.7 Å². The van der Waals surface area contributed by atoms with Crippen molar-refractivity contribution in [2.24, 2.45) is 5.92 Å². The Kier molecular flexibility index (Phi) is 6.25. The summed E-state index contributed by atoms with van der Waals surface area (Å²) >= 11 is 1.84. The SMILES string of the molecule is Cl.O=C(c1cncc(CC2CCNC2)c1)N1CCC2(CC1)OCCc1sccc12. The summed E-state index contributed by atoms with van der Waals surface area (Å²) < 4.78 is 6.27. The quantitative estimate of drug-likeness (QED) is 0.805. The van der Waals surface area contributed by atoms with Gasteiger partial charge in [-0.1, -0.05) is 0 Å². The average molecular weight is 434 g/mol. The summed E-state index contributed by atoms with van der Waals surface area (Å²) in [5.41, 5.74) is 3.08. The summed E-state index contributed by atoms with van der Waals surface area (Å²) in [5.74, 6) is 0.764. The molecule has 5 heterocycles. The van der Waals surface area contributed by atoms with Crippen molar-refractivity contribution in [1.82, 2.24) is 15.2 Å². The van der Waals surface area contributed by atoms with Crippen LogP contribution in [-0.4, -0.2) is 48.6 Å². The molecule has 0 saturated carbocycles. The molecule has 7 heteroatoms. The zero-order chi connectivity index (χ0) is 19.0. The molecule has 0 aliphatic carbocycles. The van der Waals surface area contributed by atoms with E-state index in [1.165, 1.54) is 22.4 Å². The molecule has 5 rings (SSSR count). The first-order chi connectivity index (χ1) is 13.7. The van der Waals surface area contributed by atoms with Crippen LogP contribution in [0.1, 0.15) is 45.6 Å². The highest BCUT2D eigenvalue weighted by Gasteiger charge is 2.42. The smallest absolute Gasteiger partial charge is 0.255 e. The van der Waals surface area contributed by atoms with Crippen molar-refractivity contribution in [1.29, 1.82) is 0 Å². The van der Waals surface area contributed by atoms with Gasteiger partial charge in [0, 0.05) is 36.8 Å². The number of hydrogen-bond donors (Lipinski definition) is 1. The van der Waals surface area contributed by atoms with Gasteiger partial charge in [0.05, 0.1) is 17.8 Å². The Morgan fingerprint density at radius 3 is 3.00 bits per heavy atom. The van der Waals surface area contributed by atoms with Gasteiger partial charge >= 0.3 is 0 Å². The van der Waals surface area contributed by atoms with Gasteiger partial charge in [0.15, 0.2) is 0 Å². The largest absolute Gasteiger partial charge is 0.370 e. The van der Waals surface area contributed by atoms with Crippen LogP contribution in [0.15, 0.2) is 29.9 Å². The van der Waals surface area contributed by atoms with E-state index in [-0.39, 0.29) is 23.9 Å². The number of rotatable bonds is 3. The summed E-state index contributed by atoms with van der Waals surface area (Å²) in [4.78, 5) is 20.9. The first kappa shape index (κ1) is 20.8. The number of hydrogen-bond acceptors (Lipinski definition) is 5. The molecular formula is C22H28ClN3O2S. The molecule has 3 aliphatic heterocycles. The number of carbonyl (C=O) groups excluding carboxylic acids is 1. The lowest BCUT2D eigenvalue weighted by Gasteiger charge is -2.44. The number of ether oxygens (including phenoxy) is 1. The Balaban J connectivity index is 0.00000205. The van der Waals surface area contributed by atoms with Gasteiger partial charge in [-0.25, -0.2) is 0 Å². The molecule has 1 unspecified atom stereocenters. The molecule has 0 bridgehead atoms. The van der Waals surface area contributed by atoms with Gasteiger partial charge in [0.1, 0.15) is 0 Å². The molecule has 3 aliphatic rings. The summed E-state index contributed by atoms with van der Waals surface area (Å²) in [6.45, 7) is 4.44. The number of amides is 1. The second kappa shape index (κ2) is 8.72. The second-order valence-corrected chi connectivity index (χ2v) is 9.29. The maximum absolute atomic E-state index is 13.1. The molecule has 0 aromatic carbocycles. The number of likely N-dealkylation sites (tertiary alicyclic amines) is 1. The summed E-state index contributed by atoms with van der Waals surface area (Å²) in [6.07, 6.45) is 8.61. The standard InChI is InChI=1S/C22H27N3O2S.ClH/c26-21(18-12-17(14-24-15-18)11-16-1-6-23-13-16)25-7-4-22(5-8-25)19-3-10-28-20(19)2-9-27-22;/h3,10,12,14-16,23H,1-2,4-9,11,13H2;1H. The van der Waals surface area contributed by atoms with Crippen LogP contribution in [0.25, 0.3) is 0 Å². The number of nitrogens with zero attached hydrogens (tertiary/aromatic N) is 2. The highest BCUT2D eigenvalue weighted by molar-refractivity contribution is 7.10. The van der Waals surface area contributed by atoms with Gasteiger partial charge in [0.25, 0.3) is 5.91 Å². The zero-order valence-corrected chi connectivity index (χ0v) is 18.2. The molecule has 1 atom stereocenters. The topological polar surface area (TPSA) is 54.5 Å². The number of nitrogens with one attached hydrogen (secondary N) is 1. The second-order valence-electron chi connectivity index (χ2n) is 8.29. The molecule has 2 aromatic heterocycles. The third-order valence-electron chi connectivity index (χ3n) is 6.53. The Labute approximate surface area is 182 Å². The van der Waals surface area contributed by atoms with Crippen LogP contribution in [0.4, 0.5) is 0 Å². The maximum atomic E-state index is 13.1. The Morgan fingerprint density at radius 2 is 2.21 bits per heavy atom. The predicted octanol–water partition coefficient (Wildman–Crippen LogP) is 3.42. The number of thiophene rings is 1.